The van der Waals surface area contributed by atoms with Crippen molar-refractivity contribution in [3.8, 4) is 0 Å². The van der Waals surface area contributed by atoms with Gasteiger partial charge in [0.25, 0.3) is 5.91 Å². The van der Waals surface area contributed by atoms with Crippen LogP contribution in [0.15, 0.2) is 66.0 Å². The van der Waals surface area contributed by atoms with E-state index in [0.29, 0.717) is 29.4 Å². The van der Waals surface area contributed by atoms with Gasteiger partial charge in [0.2, 0.25) is 11.7 Å². The second-order valence-electron chi connectivity index (χ2n) is 8.14. The SMILES string of the molecule is O=C(c1ccc(N2CCN([C@@H]3CC(=O)N(c4ccc(Cl)cc4)C3=O)CC2)cc1)c1cccs1. The summed E-state index contributed by atoms with van der Waals surface area (Å²) in [5.41, 5.74) is 2.29. The average molecular weight is 480 g/mol. The van der Waals surface area contributed by atoms with Crippen LogP contribution >= 0.6 is 22.9 Å². The Morgan fingerprint density at radius 3 is 2.18 bits per heavy atom. The number of piperazine rings is 1. The van der Waals surface area contributed by atoms with Crippen LogP contribution in [-0.2, 0) is 9.59 Å². The van der Waals surface area contributed by atoms with Gasteiger partial charge in [0.1, 0.15) is 0 Å². The Morgan fingerprint density at radius 1 is 0.879 bits per heavy atom. The van der Waals surface area contributed by atoms with E-state index in [9.17, 15) is 14.4 Å². The Kier molecular flexibility index (Phi) is 6.01. The average Bonchev–Trinajstić information content (AvgIpc) is 3.48. The minimum Gasteiger partial charge on any atom is -0.369 e. The minimum atomic E-state index is -0.430. The molecule has 3 aromatic rings. The molecule has 0 saturated carbocycles. The molecule has 2 amide bonds. The Bertz CT molecular complexity index is 1170. The normalized spacial score (nSPS) is 19.4. The van der Waals surface area contributed by atoms with Crippen LogP contribution in [0.1, 0.15) is 21.7 Å². The first-order valence-electron chi connectivity index (χ1n) is 10.8. The highest BCUT2D eigenvalue weighted by Crippen LogP contribution is 2.28. The molecule has 33 heavy (non-hydrogen) atoms. The third kappa shape index (κ3) is 4.31. The first-order chi connectivity index (χ1) is 16.0. The van der Waals surface area contributed by atoms with E-state index >= 15 is 0 Å². The van der Waals surface area contributed by atoms with Gasteiger partial charge in [0.05, 0.1) is 23.0 Å². The number of anilines is 2. The lowest BCUT2D eigenvalue weighted by molar-refractivity contribution is -0.123. The van der Waals surface area contributed by atoms with Crippen molar-refractivity contribution in [3.63, 3.8) is 0 Å². The number of halogens is 1. The smallest absolute Gasteiger partial charge is 0.251 e. The summed E-state index contributed by atoms with van der Waals surface area (Å²) in [5, 5.41) is 2.47. The summed E-state index contributed by atoms with van der Waals surface area (Å²) in [5.74, 6) is -0.316. The maximum absolute atomic E-state index is 13.0. The summed E-state index contributed by atoms with van der Waals surface area (Å²) in [4.78, 5) is 44.5. The highest BCUT2D eigenvalue weighted by Gasteiger charge is 2.43. The molecule has 2 aliphatic heterocycles. The molecule has 2 aliphatic rings. The number of imide groups is 1. The summed E-state index contributed by atoms with van der Waals surface area (Å²) in [6, 6.07) is 17.7. The number of carbonyl (C=O) groups is 3. The van der Waals surface area contributed by atoms with Crippen molar-refractivity contribution < 1.29 is 14.4 Å². The third-order valence-electron chi connectivity index (χ3n) is 6.20. The summed E-state index contributed by atoms with van der Waals surface area (Å²) in [6.45, 7) is 2.87. The molecule has 0 N–H and O–H groups in total. The van der Waals surface area contributed by atoms with Crippen LogP contribution in [0, 0.1) is 0 Å². The van der Waals surface area contributed by atoms with E-state index in [1.165, 1.54) is 16.2 Å². The van der Waals surface area contributed by atoms with E-state index in [0.717, 1.165) is 23.7 Å². The van der Waals surface area contributed by atoms with Gasteiger partial charge < -0.3 is 4.90 Å². The number of nitrogens with zero attached hydrogens (tertiary/aromatic N) is 3. The van der Waals surface area contributed by atoms with Gasteiger partial charge in [-0.2, -0.15) is 0 Å². The number of amides is 2. The van der Waals surface area contributed by atoms with E-state index in [2.05, 4.69) is 9.80 Å². The highest BCUT2D eigenvalue weighted by molar-refractivity contribution is 7.12. The predicted octanol–water partition coefficient (Wildman–Crippen LogP) is 4.09. The van der Waals surface area contributed by atoms with E-state index in [1.54, 1.807) is 24.3 Å². The van der Waals surface area contributed by atoms with E-state index in [1.807, 2.05) is 41.8 Å². The van der Waals surface area contributed by atoms with Crippen LogP contribution in [0.25, 0.3) is 0 Å². The molecule has 6 nitrogen and oxygen atoms in total. The lowest BCUT2D eigenvalue weighted by Crippen LogP contribution is -2.52. The fourth-order valence-electron chi connectivity index (χ4n) is 4.43. The summed E-state index contributed by atoms with van der Waals surface area (Å²) in [6.07, 6.45) is 0.195. The molecule has 1 aromatic heterocycles. The van der Waals surface area contributed by atoms with E-state index < -0.39 is 6.04 Å². The number of rotatable bonds is 5. The highest BCUT2D eigenvalue weighted by atomic mass is 35.5. The topological polar surface area (TPSA) is 60.9 Å². The summed E-state index contributed by atoms with van der Waals surface area (Å²) < 4.78 is 0. The fraction of sp³-hybridized carbons (Fsp3) is 0.240. The van der Waals surface area contributed by atoms with Crippen molar-refractivity contribution in [2.75, 3.05) is 36.0 Å². The summed E-state index contributed by atoms with van der Waals surface area (Å²) >= 11 is 7.38. The molecule has 0 bridgehead atoms. The first kappa shape index (κ1) is 21.8. The van der Waals surface area contributed by atoms with Gasteiger partial charge >= 0.3 is 0 Å². The standard InChI is InChI=1S/C25H22ClN3O3S/c26-18-5-9-20(10-6-18)29-23(30)16-21(25(29)32)28-13-11-27(12-14-28)19-7-3-17(4-8-19)24(31)22-2-1-15-33-22/h1-10,15,21H,11-14,16H2/t21-/m1/s1. The molecule has 2 saturated heterocycles. The van der Waals surface area contributed by atoms with Crippen LogP contribution in [0.3, 0.4) is 0 Å². The van der Waals surface area contributed by atoms with E-state index in [-0.39, 0.29) is 24.0 Å². The van der Waals surface area contributed by atoms with Gasteiger partial charge in [-0.15, -0.1) is 11.3 Å². The largest absolute Gasteiger partial charge is 0.369 e. The summed E-state index contributed by atoms with van der Waals surface area (Å²) in [7, 11) is 0. The van der Waals surface area contributed by atoms with Crippen molar-refractivity contribution in [1.82, 2.24) is 4.90 Å². The van der Waals surface area contributed by atoms with Crippen molar-refractivity contribution in [2.45, 2.75) is 12.5 Å². The molecular formula is C25H22ClN3O3S. The zero-order valence-corrected chi connectivity index (χ0v) is 19.4. The maximum atomic E-state index is 13.0. The van der Waals surface area contributed by atoms with Gasteiger partial charge in [-0.3, -0.25) is 19.3 Å². The van der Waals surface area contributed by atoms with Crippen LogP contribution in [0.5, 0.6) is 0 Å². The second kappa shape index (κ2) is 9.09. The molecule has 8 heteroatoms. The van der Waals surface area contributed by atoms with Gasteiger partial charge in [0.15, 0.2) is 0 Å². The van der Waals surface area contributed by atoms with Crippen LogP contribution < -0.4 is 9.80 Å². The lowest BCUT2D eigenvalue weighted by atomic mass is 10.1. The molecule has 0 spiro atoms. The molecule has 2 fully saturated rings. The van der Waals surface area contributed by atoms with Crippen LogP contribution in [0.2, 0.25) is 5.02 Å². The molecule has 0 aliphatic carbocycles. The third-order valence-corrected chi connectivity index (χ3v) is 7.32. The minimum absolute atomic E-state index is 0.0380. The second-order valence-corrected chi connectivity index (χ2v) is 9.52. The number of benzene rings is 2. The monoisotopic (exact) mass is 479 g/mol. The zero-order valence-electron chi connectivity index (χ0n) is 17.8. The molecule has 0 radical (unpaired) electrons. The van der Waals surface area contributed by atoms with Gasteiger partial charge in [0, 0.05) is 42.5 Å². The molecule has 1 atom stereocenters. The Labute approximate surface area is 201 Å². The zero-order chi connectivity index (χ0) is 22.9. The number of hydrogen-bond acceptors (Lipinski definition) is 6. The van der Waals surface area contributed by atoms with Crippen molar-refractivity contribution >= 4 is 51.9 Å². The quantitative estimate of drug-likeness (QED) is 0.407. The number of ketones is 1. The molecule has 0 unspecified atom stereocenters. The first-order valence-corrected chi connectivity index (χ1v) is 12.1. The number of carbonyl (C=O) groups excluding carboxylic acids is 3. The van der Waals surface area contributed by atoms with Crippen LogP contribution in [-0.4, -0.2) is 54.7 Å². The lowest BCUT2D eigenvalue weighted by Gasteiger charge is -2.38. The Morgan fingerprint density at radius 2 is 1.55 bits per heavy atom. The van der Waals surface area contributed by atoms with Gasteiger partial charge in [-0.1, -0.05) is 17.7 Å². The van der Waals surface area contributed by atoms with Crippen molar-refractivity contribution in [1.29, 1.82) is 0 Å². The van der Waals surface area contributed by atoms with Crippen LogP contribution in [0.4, 0.5) is 11.4 Å². The predicted molar refractivity (Wildman–Crippen MR) is 130 cm³/mol. The fourth-order valence-corrected chi connectivity index (χ4v) is 5.24. The molecular weight excluding hydrogens is 458 g/mol. The molecule has 168 valence electrons. The van der Waals surface area contributed by atoms with Gasteiger partial charge in [-0.05, 0) is 60.0 Å². The van der Waals surface area contributed by atoms with E-state index in [4.69, 9.17) is 11.6 Å². The molecule has 3 heterocycles. The Balaban J connectivity index is 1.21. The number of hydrogen-bond donors (Lipinski definition) is 0. The van der Waals surface area contributed by atoms with Crippen molar-refractivity contribution in [3.05, 3.63) is 81.5 Å². The maximum Gasteiger partial charge on any atom is 0.251 e. The Hall–Kier alpha value is -3.00. The number of thiophene rings is 1. The van der Waals surface area contributed by atoms with Gasteiger partial charge in [-0.25, -0.2) is 4.90 Å². The molecule has 2 aromatic carbocycles. The van der Waals surface area contributed by atoms with Crippen molar-refractivity contribution in [2.24, 2.45) is 0 Å². The molecule has 5 rings (SSSR count).